The summed E-state index contributed by atoms with van der Waals surface area (Å²) >= 11 is 0. The van der Waals surface area contributed by atoms with Crippen LogP contribution in [0.4, 0.5) is 0 Å². The molecule has 3 N–H and O–H groups in total. The summed E-state index contributed by atoms with van der Waals surface area (Å²) in [7, 11) is 3.35. The van der Waals surface area contributed by atoms with Crippen LogP contribution in [0.3, 0.4) is 0 Å². The smallest absolute Gasteiger partial charge is 0.303 e. The summed E-state index contributed by atoms with van der Waals surface area (Å²) in [5.74, 6) is 0.494. The van der Waals surface area contributed by atoms with E-state index in [0.29, 0.717) is 31.1 Å². The number of benzene rings is 1. The lowest BCUT2D eigenvalue weighted by molar-refractivity contribution is -0.154. The normalized spacial score (nSPS) is 21.5. The molecule has 0 radical (unpaired) electrons. The molecule has 3 amide bonds. The number of hydrogen-bond donors (Lipinski definition) is 2. The van der Waals surface area contributed by atoms with Crippen LogP contribution in [0.15, 0.2) is 42.5 Å². The van der Waals surface area contributed by atoms with Gasteiger partial charge in [0, 0.05) is 33.0 Å². The van der Waals surface area contributed by atoms with E-state index in [0.717, 1.165) is 24.3 Å². The SMILES string of the molecule is CC(=O)OC(C)(C)CNC(=O)[C@@H](Cc1ccccc1)N(C)C(=O)[C@@H](CC1CCC2CCCCC2C1)N(C)C(=O)/C=C/CC(C)(C)N. The number of fused-ring (bicyclic) bond motifs is 1. The predicted molar refractivity (Wildman–Crippen MR) is 182 cm³/mol. The molecule has 2 saturated carbocycles. The zero-order valence-electron chi connectivity index (χ0n) is 29.2. The third-order valence-corrected chi connectivity index (χ3v) is 9.71. The van der Waals surface area contributed by atoms with E-state index < -0.39 is 29.2 Å². The van der Waals surface area contributed by atoms with Gasteiger partial charge >= 0.3 is 5.97 Å². The third-order valence-electron chi connectivity index (χ3n) is 9.71. The fourth-order valence-corrected chi connectivity index (χ4v) is 7.13. The van der Waals surface area contributed by atoms with Crippen LogP contribution >= 0.6 is 0 Å². The lowest BCUT2D eigenvalue weighted by Crippen LogP contribution is -2.56. The highest BCUT2D eigenvalue weighted by molar-refractivity contribution is 5.94. The molecule has 5 atom stereocenters. The fourth-order valence-electron chi connectivity index (χ4n) is 7.13. The van der Waals surface area contributed by atoms with E-state index >= 15 is 0 Å². The highest BCUT2D eigenvalue weighted by Gasteiger charge is 2.39. The van der Waals surface area contributed by atoms with Crippen molar-refractivity contribution in [2.75, 3.05) is 20.6 Å². The van der Waals surface area contributed by atoms with Gasteiger partial charge in [-0.05, 0) is 82.8 Å². The number of likely N-dealkylation sites (N-methyl/N-ethyl adjacent to an activating group) is 2. The first kappa shape index (κ1) is 37.3. The van der Waals surface area contributed by atoms with Crippen molar-refractivity contribution in [2.45, 2.75) is 122 Å². The molecule has 1 aromatic carbocycles. The van der Waals surface area contributed by atoms with E-state index in [4.69, 9.17) is 10.5 Å². The zero-order chi connectivity index (χ0) is 34.1. The van der Waals surface area contributed by atoms with E-state index in [1.54, 1.807) is 38.9 Å². The molecule has 1 aromatic rings. The summed E-state index contributed by atoms with van der Waals surface area (Å²) in [6, 6.07) is 8.02. The summed E-state index contributed by atoms with van der Waals surface area (Å²) in [5.41, 5.74) is 5.66. The minimum absolute atomic E-state index is 0.0907. The van der Waals surface area contributed by atoms with Crippen LogP contribution in [0.5, 0.6) is 0 Å². The maximum Gasteiger partial charge on any atom is 0.303 e. The average Bonchev–Trinajstić information content (AvgIpc) is 2.99. The number of nitrogens with one attached hydrogen (secondary N) is 1. The number of amides is 3. The van der Waals surface area contributed by atoms with Crippen molar-refractivity contribution in [3.63, 3.8) is 0 Å². The Bertz CT molecular complexity index is 1210. The van der Waals surface area contributed by atoms with Crippen molar-refractivity contribution < 1.29 is 23.9 Å². The molecule has 0 aromatic heterocycles. The van der Waals surface area contributed by atoms with Crippen molar-refractivity contribution in [1.82, 2.24) is 15.1 Å². The Morgan fingerprint density at radius 3 is 2.24 bits per heavy atom. The van der Waals surface area contributed by atoms with Gasteiger partial charge < -0.3 is 25.6 Å². The van der Waals surface area contributed by atoms with Gasteiger partial charge in [0.25, 0.3) is 0 Å². The highest BCUT2D eigenvalue weighted by atomic mass is 16.6. The summed E-state index contributed by atoms with van der Waals surface area (Å²) in [4.78, 5) is 56.4. The maximum atomic E-state index is 14.5. The van der Waals surface area contributed by atoms with Gasteiger partial charge in [-0.15, -0.1) is 0 Å². The van der Waals surface area contributed by atoms with E-state index in [2.05, 4.69) is 5.32 Å². The fraction of sp³-hybridized carbons (Fsp3) is 0.676. The molecule has 46 heavy (non-hydrogen) atoms. The molecule has 2 aliphatic carbocycles. The topological polar surface area (TPSA) is 122 Å². The second kappa shape index (κ2) is 16.6. The minimum atomic E-state index is -0.918. The molecule has 0 bridgehead atoms. The number of esters is 1. The lowest BCUT2D eigenvalue weighted by atomic mass is 9.66. The van der Waals surface area contributed by atoms with Crippen molar-refractivity contribution in [3.8, 4) is 0 Å². The monoisotopic (exact) mass is 638 g/mol. The first-order valence-corrected chi connectivity index (χ1v) is 17.1. The average molecular weight is 639 g/mol. The molecule has 0 spiro atoms. The van der Waals surface area contributed by atoms with Gasteiger partial charge in [0.15, 0.2) is 0 Å². The summed E-state index contributed by atoms with van der Waals surface area (Å²) < 4.78 is 5.37. The van der Waals surface area contributed by atoms with Crippen molar-refractivity contribution in [2.24, 2.45) is 23.5 Å². The number of nitrogens with two attached hydrogens (primary N) is 1. The third kappa shape index (κ3) is 11.6. The Kier molecular flexibility index (Phi) is 13.4. The molecule has 2 aliphatic rings. The van der Waals surface area contributed by atoms with Crippen molar-refractivity contribution >= 4 is 23.7 Å². The van der Waals surface area contributed by atoms with Gasteiger partial charge in [0.1, 0.15) is 17.7 Å². The van der Waals surface area contributed by atoms with E-state index in [-0.39, 0.29) is 24.3 Å². The molecule has 3 rings (SSSR count). The van der Waals surface area contributed by atoms with Crippen LogP contribution in [0.25, 0.3) is 0 Å². The first-order chi connectivity index (χ1) is 21.6. The second-order valence-electron chi connectivity index (χ2n) is 15.0. The van der Waals surface area contributed by atoms with Gasteiger partial charge in [-0.1, -0.05) is 68.5 Å². The van der Waals surface area contributed by atoms with E-state index in [1.807, 2.05) is 44.2 Å². The van der Waals surface area contributed by atoms with E-state index in [9.17, 15) is 19.2 Å². The van der Waals surface area contributed by atoms with Crippen LogP contribution < -0.4 is 11.1 Å². The van der Waals surface area contributed by atoms with Crippen LogP contribution in [-0.4, -0.2) is 77.4 Å². The Morgan fingerprint density at radius 2 is 1.61 bits per heavy atom. The number of rotatable bonds is 14. The maximum absolute atomic E-state index is 14.5. The molecule has 9 nitrogen and oxygen atoms in total. The standard InChI is InChI=1S/C37H58N4O5/c1-26(42)46-37(4,5)25-39-34(44)31(23-27-14-9-8-10-15-27)41(7)35(45)32(40(6)33(43)18-13-21-36(2,3)38)24-28-19-20-29-16-11-12-17-30(29)22-28/h8-10,13-15,18,28-32H,11-12,16-17,19-25,38H2,1-7H3,(H,39,44)/b18-13+/t28?,29?,30?,31-,32-/m1/s1. The Balaban J connectivity index is 1.87. The van der Waals surface area contributed by atoms with Crippen LogP contribution in [0, 0.1) is 17.8 Å². The highest BCUT2D eigenvalue weighted by Crippen LogP contribution is 2.44. The Morgan fingerprint density at radius 1 is 0.957 bits per heavy atom. The van der Waals surface area contributed by atoms with Crippen LogP contribution in [-0.2, 0) is 30.3 Å². The largest absolute Gasteiger partial charge is 0.458 e. The number of hydrogen-bond acceptors (Lipinski definition) is 6. The summed E-state index contributed by atoms with van der Waals surface area (Å²) in [6.07, 6.45) is 13.1. The van der Waals surface area contributed by atoms with Gasteiger partial charge in [-0.2, -0.15) is 0 Å². The minimum Gasteiger partial charge on any atom is -0.458 e. The number of ether oxygens (including phenoxy) is 1. The lowest BCUT2D eigenvalue weighted by Gasteiger charge is -2.41. The molecular weight excluding hydrogens is 580 g/mol. The molecule has 2 fully saturated rings. The Hall–Kier alpha value is -3.20. The van der Waals surface area contributed by atoms with Gasteiger partial charge in [-0.3, -0.25) is 19.2 Å². The molecule has 0 heterocycles. The van der Waals surface area contributed by atoms with Crippen molar-refractivity contribution in [1.29, 1.82) is 0 Å². The predicted octanol–water partition coefficient (Wildman–Crippen LogP) is 5.02. The zero-order valence-corrected chi connectivity index (χ0v) is 29.2. The first-order valence-electron chi connectivity index (χ1n) is 17.1. The van der Waals surface area contributed by atoms with E-state index in [1.165, 1.54) is 50.0 Å². The van der Waals surface area contributed by atoms with Crippen LogP contribution in [0.1, 0.15) is 98.0 Å². The summed E-state index contributed by atoms with van der Waals surface area (Å²) in [5, 5.41) is 2.92. The quantitative estimate of drug-likeness (QED) is 0.218. The summed E-state index contributed by atoms with van der Waals surface area (Å²) in [6.45, 7) is 8.69. The van der Waals surface area contributed by atoms with Gasteiger partial charge in [-0.25, -0.2) is 0 Å². The van der Waals surface area contributed by atoms with Crippen LogP contribution in [0.2, 0.25) is 0 Å². The number of carbonyl (C=O) groups is 4. The molecule has 3 unspecified atom stereocenters. The molecule has 0 aliphatic heterocycles. The molecule has 0 saturated heterocycles. The second-order valence-corrected chi connectivity index (χ2v) is 15.0. The molecule has 256 valence electrons. The number of nitrogens with zero attached hydrogens (tertiary/aromatic N) is 2. The Labute approximate surface area is 276 Å². The van der Waals surface area contributed by atoms with Gasteiger partial charge in [0.05, 0.1) is 6.54 Å². The van der Waals surface area contributed by atoms with Gasteiger partial charge in [0.2, 0.25) is 17.7 Å². The molecular formula is C37H58N4O5. The van der Waals surface area contributed by atoms with Crippen molar-refractivity contribution in [3.05, 3.63) is 48.0 Å². The molecule has 9 heteroatoms. The number of carbonyl (C=O) groups excluding carboxylic acids is 4.